The highest BCUT2D eigenvalue weighted by molar-refractivity contribution is 5.75. The van der Waals surface area contributed by atoms with Crippen LogP contribution in [-0.2, 0) is 4.79 Å². The van der Waals surface area contributed by atoms with E-state index >= 15 is 0 Å². The first kappa shape index (κ1) is 15.8. The van der Waals surface area contributed by atoms with Crippen molar-refractivity contribution < 1.29 is 9.53 Å². The molecule has 1 aliphatic rings. The highest BCUT2D eigenvalue weighted by Gasteiger charge is 2.15. The lowest BCUT2D eigenvalue weighted by Gasteiger charge is -2.24. The van der Waals surface area contributed by atoms with Crippen molar-refractivity contribution in [2.24, 2.45) is 0 Å². The number of hydrogen-bond donors (Lipinski definition) is 1. The molecule has 4 heteroatoms. The Morgan fingerprint density at radius 3 is 2.86 bits per heavy atom. The number of hydrogen-bond acceptors (Lipinski definition) is 3. The molecular formula is C17H26N2O2. The van der Waals surface area contributed by atoms with E-state index in [9.17, 15) is 4.79 Å². The third kappa shape index (κ3) is 5.76. The number of nitrogens with one attached hydrogen (secondary N) is 1. The van der Waals surface area contributed by atoms with Crippen LogP contribution >= 0.6 is 0 Å². The molecule has 1 N–H and O–H groups in total. The van der Waals surface area contributed by atoms with Crippen molar-refractivity contribution in [1.82, 2.24) is 10.2 Å². The summed E-state index contributed by atoms with van der Waals surface area (Å²) in [6, 6.07) is 10.2. The van der Waals surface area contributed by atoms with Gasteiger partial charge in [0.2, 0.25) is 5.91 Å². The summed E-state index contributed by atoms with van der Waals surface area (Å²) in [6.45, 7) is 2.26. The van der Waals surface area contributed by atoms with Gasteiger partial charge in [0.1, 0.15) is 12.4 Å². The van der Waals surface area contributed by atoms with Crippen LogP contribution in [0.25, 0.3) is 0 Å². The lowest BCUT2D eigenvalue weighted by Crippen LogP contribution is -2.36. The molecule has 1 aliphatic heterocycles. The Bertz CT molecular complexity index is 416. The first-order chi connectivity index (χ1) is 10.3. The number of benzene rings is 1. The van der Waals surface area contributed by atoms with Crippen LogP contribution in [-0.4, -0.2) is 43.6 Å². The maximum atomic E-state index is 12.1. The minimum Gasteiger partial charge on any atom is -0.492 e. The number of para-hydroxylation sites is 1. The fourth-order valence-electron chi connectivity index (χ4n) is 2.60. The molecule has 1 heterocycles. The van der Waals surface area contributed by atoms with E-state index in [-0.39, 0.29) is 5.91 Å². The molecule has 0 saturated carbocycles. The average molecular weight is 290 g/mol. The molecule has 21 heavy (non-hydrogen) atoms. The lowest BCUT2D eigenvalue weighted by molar-refractivity contribution is -0.130. The molecule has 0 aromatic heterocycles. The Kier molecular flexibility index (Phi) is 6.54. The summed E-state index contributed by atoms with van der Waals surface area (Å²) in [5, 5.41) is 3.48. The summed E-state index contributed by atoms with van der Waals surface area (Å²) in [7, 11) is 1.85. The van der Waals surface area contributed by atoms with Gasteiger partial charge in [0.25, 0.3) is 0 Å². The molecule has 1 atom stereocenters. The monoisotopic (exact) mass is 290 g/mol. The molecule has 1 fully saturated rings. The zero-order valence-corrected chi connectivity index (χ0v) is 12.9. The van der Waals surface area contributed by atoms with Gasteiger partial charge in [-0.3, -0.25) is 4.79 Å². The molecule has 2 rings (SSSR count). The van der Waals surface area contributed by atoms with E-state index in [1.54, 1.807) is 4.90 Å². The van der Waals surface area contributed by atoms with Crippen molar-refractivity contribution in [3.63, 3.8) is 0 Å². The van der Waals surface area contributed by atoms with E-state index in [2.05, 4.69) is 5.32 Å². The third-order valence-corrected chi connectivity index (χ3v) is 3.98. The van der Waals surface area contributed by atoms with Gasteiger partial charge in [-0.05, 0) is 37.9 Å². The van der Waals surface area contributed by atoms with Gasteiger partial charge in [0.15, 0.2) is 0 Å². The van der Waals surface area contributed by atoms with Gasteiger partial charge in [0, 0.05) is 19.5 Å². The number of nitrogens with zero attached hydrogens (tertiary/aromatic N) is 1. The second kappa shape index (κ2) is 8.67. The van der Waals surface area contributed by atoms with Crippen LogP contribution in [0, 0.1) is 0 Å². The van der Waals surface area contributed by atoms with Crippen LogP contribution < -0.4 is 10.1 Å². The van der Waals surface area contributed by atoms with Gasteiger partial charge in [-0.25, -0.2) is 0 Å². The van der Waals surface area contributed by atoms with Crippen molar-refractivity contribution in [3.05, 3.63) is 30.3 Å². The smallest absolute Gasteiger partial charge is 0.222 e. The molecule has 1 saturated heterocycles. The summed E-state index contributed by atoms with van der Waals surface area (Å²) in [5.41, 5.74) is 0. The quantitative estimate of drug-likeness (QED) is 0.838. The molecule has 0 bridgehead atoms. The normalized spacial score (nSPS) is 18.2. The minimum atomic E-state index is 0.207. The van der Waals surface area contributed by atoms with Gasteiger partial charge >= 0.3 is 0 Å². The summed E-state index contributed by atoms with van der Waals surface area (Å²) in [5.74, 6) is 1.06. The van der Waals surface area contributed by atoms with Gasteiger partial charge in [-0.1, -0.05) is 24.6 Å². The number of carbonyl (C=O) groups excluding carboxylic acids is 1. The molecule has 0 aliphatic carbocycles. The first-order valence-electron chi connectivity index (χ1n) is 7.91. The largest absolute Gasteiger partial charge is 0.492 e. The van der Waals surface area contributed by atoms with Crippen LogP contribution in [0.1, 0.15) is 32.1 Å². The van der Waals surface area contributed by atoms with Gasteiger partial charge in [0.05, 0.1) is 6.54 Å². The van der Waals surface area contributed by atoms with Crippen molar-refractivity contribution >= 4 is 5.91 Å². The Hall–Kier alpha value is -1.55. The molecular weight excluding hydrogens is 264 g/mol. The van der Waals surface area contributed by atoms with E-state index in [1.165, 1.54) is 19.3 Å². The minimum absolute atomic E-state index is 0.207. The highest BCUT2D eigenvalue weighted by atomic mass is 16.5. The Morgan fingerprint density at radius 2 is 2.14 bits per heavy atom. The van der Waals surface area contributed by atoms with E-state index in [0.29, 0.717) is 25.6 Å². The summed E-state index contributed by atoms with van der Waals surface area (Å²) >= 11 is 0. The molecule has 1 amide bonds. The fourth-order valence-corrected chi connectivity index (χ4v) is 2.60. The highest BCUT2D eigenvalue weighted by Crippen LogP contribution is 2.12. The number of amides is 1. The van der Waals surface area contributed by atoms with Crippen LogP contribution in [0.5, 0.6) is 5.75 Å². The SMILES string of the molecule is CN(CCOc1ccccc1)C(=O)CCC1CCCCN1. The van der Waals surface area contributed by atoms with Crippen LogP contribution in [0.15, 0.2) is 30.3 Å². The van der Waals surface area contributed by atoms with E-state index in [4.69, 9.17) is 4.74 Å². The van der Waals surface area contributed by atoms with E-state index in [1.807, 2.05) is 37.4 Å². The van der Waals surface area contributed by atoms with Crippen molar-refractivity contribution in [2.75, 3.05) is 26.7 Å². The zero-order valence-electron chi connectivity index (χ0n) is 12.9. The summed E-state index contributed by atoms with van der Waals surface area (Å²) < 4.78 is 5.62. The second-order valence-corrected chi connectivity index (χ2v) is 5.66. The number of likely N-dealkylation sites (N-methyl/N-ethyl adjacent to an activating group) is 1. The second-order valence-electron chi connectivity index (χ2n) is 5.66. The molecule has 4 nitrogen and oxygen atoms in total. The fraction of sp³-hybridized carbons (Fsp3) is 0.588. The van der Waals surface area contributed by atoms with Crippen LogP contribution in [0.2, 0.25) is 0 Å². The standard InChI is InChI=1S/C17H26N2O2/c1-19(13-14-21-16-8-3-2-4-9-16)17(20)11-10-15-7-5-6-12-18-15/h2-4,8-9,15,18H,5-7,10-14H2,1H3. The number of rotatable bonds is 7. The van der Waals surface area contributed by atoms with E-state index in [0.717, 1.165) is 18.7 Å². The van der Waals surface area contributed by atoms with Crippen LogP contribution in [0.3, 0.4) is 0 Å². The summed E-state index contributed by atoms with van der Waals surface area (Å²) in [4.78, 5) is 13.8. The lowest BCUT2D eigenvalue weighted by atomic mass is 10.0. The maximum Gasteiger partial charge on any atom is 0.222 e. The zero-order chi connectivity index (χ0) is 14.9. The Balaban J connectivity index is 1.60. The summed E-state index contributed by atoms with van der Waals surface area (Å²) in [6.07, 6.45) is 5.32. The third-order valence-electron chi connectivity index (χ3n) is 3.98. The Morgan fingerprint density at radius 1 is 1.33 bits per heavy atom. The Labute approximate surface area is 127 Å². The molecule has 116 valence electrons. The van der Waals surface area contributed by atoms with Crippen molar-refractivity contribution in [1.29, 1.82) is 0 Å². The topological polar surface area (TPSA) is 41.6 Å². The number of piperidine rings is 1. The molecule has 0 radical (unpaired) electrons. The van der Waals surface area contributed by atoms with Crippen molar-refractivity contribution in [3.8, 4) is 5.75 Å². The molecule has 1 aromatic carbocycles. The number of carbonyl (C=O) groups is 1. The van der Waals surface area contributed by atoms with Gasteiger partial charge in [-0.15, -0.1) is 0 Å². The average Bonchev–Trinajstić information content (AvgIpc) is 2.54. The first-order valence-corrected chi connectivity index (χ1v) is 7.91. The van der Waals surface area contributed by atoms with Crippen molar-refractivity contribution in [2.45, 2.75) is 38.1 Å². The number of ether oxygens (including phenoxy) is 1. The van der Waals surface area contributed by atoms with E-state index < -0.39 is 0 Å². The predicted molar refractivity (Wildman–Crippen MR) is 84.4 cm³/mol. The molecule has 1 aromatic rings. The van der Waals surface area contributed by atoms with Gasteiger partial charge in [-0.2, -0.15) is 0 Å². The molecule has 1 unspecified atom stereocenters. The molecule has 0 spiro atoms. The maximum absolute atomic E-state index is 12.1. The van der Waals surface area contributed by atoms with Crippen LogP contribution in [0.4, 0.5) is 0 Å². The predicted octanol–water partition coefficient (Wildman–Crippen LogP) is 2.45. The van der Waals surface area contributed by atoms with Gasteiger partial charge < -0.3 is 15.0 Å².